The zero-order valence-corrected chi connectivity index (χ0v) is 15.7. The maximum absolute atomic E-state index is 12.2. The van der Waals surface area contributed by atoms with Crippen LogP contribution >= 0.6 is 0 Å². The van der Waals surface area contributed by atoms with Gasteiger partial charge in [-0.2, -0.15) is 5.10 Å². The van der Waals surface area contributed by atoms with Crippen LogP contribution in [0.4, 0.5) is 0 Å². The first-order valence-electron chi connectivity index (χ1n) is 9.17. The van der Waals surface area contributed by atoms with E-state index in [4.69, 9.17) is 4.74 Å². The van der Waals surface area contributed by atoms with Crippen LogP contribution in [0.5, 0.6) is 11.5 Å². The highest BCUT2D eigenvalue weighted by molar-refractivity contribution is 5.88. The van der Waals surface area contributed by atoms with Gasteiger partial charge in [0.2, 0.25) is 5.91 Å². The largest absolute Gasteiger partial charge is 0.504 e. The number of aromatic hydroxyl groups is 1. The molecule has 0 unspecified atom stereocenters. The molecule has 7 heteroatoms. The number of hydrogen-bond donors (Lipinski definition) is 2. The van der Waals surface area contributed by atoms with Gasteiger partial charge in [0.05, 0.1) is 12.8 Å². The summed E-state index contributed by atoms with van der Waals surface area (Å²) < 4.78 is 5.31. The quantitative estimate of drug-likeness (QED) is 0.568. The van der Waals surface area contributed by atoms with E-state index in [1.807, 2.05) is 37.3 Å². The van der Waals surface area contributed by atoms with Gasteiger partial charge in [-0.15, -0.1) is 0 Å². The summed E-state index contributed by atoms with van der Waals surface area (Å²) in [4.78, 5) is 25.9. The summed E-state index contributed by atoms with van der Waals surface area (Å²) in [6.45, 7) is 2.75. The Morgan fingerprint density at radius 1 is 1.32 bits per heavy atom. The van der Waals surface area contributed by atoms with Crippen molar-refractivity contribution >= 4 is 18.0 Å². The van der Waals surface area contributed by atoms with E-state index in [1.165, 1.54) is 12.3 Å². The Bertz CT molecular complexity index is 867. The summed E-state index contributed by atoms with van der Waals surface area (Å²) in [6.07, 6.45) is 1.87. The number of nitrogens with one attached hydrogen (secondary N) is 1. The number of benzene rings is 2. The first-order valence-corrected chi connectivity index (χ1v) is 9.17. The lowest BCUT2D eigenvalue weighted by molar-refractivity contribution is -0.133. The highest BCUT2D eigenvalue weighted by Crippen LogP contribution is 2.28. The third-order valence-electron chi connectivity index (χ3n) is 4.51. The van der Waals surface area contributed by atoms with Gasteiger partial charge in [-0.3, -0.25) is 9.59 Å². The lowest BCUT2D eigenvalue weighted by Gasteiger charge is -2.15. The lowest BCUT2D eigenvalue weighted by Crippen LogP contribution is -2.36. The molecular weight excluding hydrogens is 358 g/mol. The van der Waals surface area contributed by atoms with Crippen molar-refractivity contribution in [2.45, 2.75) is 19.3 Å². The minimum absolute atomic E-state index is 0.0285. The van der Waals surface area contributed by atoms with E-state index in [0.717, 1.165) is 5.56 Å². The van der Waals surface area contributed by atoms with Crippen LogP contribution in [-0.4, -0.2) is 47.7 Å². The topological polar surface area (TPSA) is 91.2 Å². The molecule has 1 fully saturated rings. The number of amides is 2. The van der Waals surface area contributed by atoms with Gasteiger partial charge < -0.3 is 14.7 Å². The van der Waals surface area contributed by atoms with Gasteiger partial charge in [-0.05, 0) is 36.2 Å². The van der Waals surface area contributed by atoms with Gasteiger partial charge in [0, 0.05) is 18.9 Å². The van der Waals surface area contributed by atoms with E-state index >= 15 is 0 Å². The molecule has 2 aromatic carbocycles. The molecule has 0 aliphatic carbocycles. The summed E-state index contributed by atoms with van der Waals surface area (Å²) in [6, 6.07) is 14.6. The lowest BCUT2D eigenvalue weighted by atomic mass is 9.99. The number of hydrogen-bond acceptors (Lipinski definition) is 5. The van der Waals surface area contributed by atoms with E-state index in [0.29, 0.717) is 30.9 Å². The Morgan fingerprint density at radius 2 is 2.11 bits per heavy atom. The number of carbonyl (C=O) groups excluding carboxylic acids is 2. The molecule has 0 bridgehead atoms. The van der Waals surface area contributed by atoms with Gasteiger partial charge in [-0.25, -0.2) is 5.43 Å². The smallest absolute Gasteiger partial charge is 0.259 e. The average Bonchev–Trinajstić information content (AvgIpc) is 3.05. The first-order chi connectivity index (χ1) is 13.6. The minimum atomic E-state index is -0.359. The van der Waals surface area contributed by atoms with Crippen LogP contribution < -0.4 is 10.2 Å². The molecule has 2 amide bonds. The van der Waals surface area contributed by atoms with Crippen molar-refractivity contribution in [3.63, 3.8) is 0 Å². The van der Waals surface area contributed by atoms with Crippen LogP contribution in [0, 0.1) is 0 Å². The van der Waals surface area contributed by atoms with Crippen molar-refractivity contribution in [3.05, 3.63) is 59.7 Å². The normalized spacial score (nSPS) is 16.5. The molecule has 0 radical (unpaired) electrons. The second-order valence-electron chi connectivity index (χ2n) is 6.54. The maximum Gasteiger partial charge on any atom is 0.259 e. The average molecular weight is 381 g/mol. The molecule has 2 N–H and O–H groups in total. The predicted octanol–water partition coefficient (Wildman–Crippen LogP) is 2.26. The number of nitrogens with zero attached hydrogens (tertiary/aromatic N) is 2. The van der Waals surface area contributed by atoms with Crippen LogP contribution in [0.15, 0.2) is 53.6 Å². The fourth-order valence-electron chi connectivity index (χ4n) is 3.14. The monoisotopic (exact) mass is 381 g/mol. The van der Waals surface area contributed by atoms with Gasteiger partial charge in [0.1, 0.15) is 6.54 Å². The van der Waals surface area contributed by atoms with Gasteiger partial charge >= 0.3 is 0 Å². The standard InChI is InChI=1S/C21H23N3O4/c1-2-28-19-10-15(8-9-18(19)25)12-22-23-20(26)14-24-13-17(11-21(24)27)16-6-4-3-5-7-16/h3-10,12,17,25H,2,11,13-14H2,1H3,(H,23,26)/b22-12-/t17-/m0/s1. The number of likely N-dealkylation sites (tertiary alicyclic amines) is 1. The fourth-order valence-corrected chi connectivity index (χ4v) is 3.14. The molecule has 1 saturated heterocycles. The maximum atomic E-state index is 12.2. The molecule has 1 aliphatic heterocycles. The molecule has 0 aromatic heterocycles. The van der Waals surface area contributed by atoms with Crippen LogP contribution in [-0.2, 0) is 9.59 Å². The van der Waals surface area contributed by atoms with Crippen molar-refractivity contribution in [3.8, 4) is 11.5 Å². The van der Waals surface area contributed by atoms with Crippen molar-refractivity contribution < 1.29 is 19.4 Å². The molecular formula is C21H23N3O4. The number of phenolic OH excluding ortho intramolecular Hbond substituents is 1. The molecule has 0 spiro atoms. The summed E-state index contributed by atoms with van der Waals surface area (Å²) in [5.74, 6) is 0.116. The Kier molecular flexibility index (Phi) is 6.26. The fraction of sp³-hybridized carbons (Fsp3) is 0.286. The molecule has 1 atom stereocenters. The van der Waals surface area contributed by atoms with Crippen LogP contribution in [0.1, 0.15) is 30.4 Å². The summed E-state index contributed by atoms with van der Waals surface area (Å²) in [7, 11) is 0. The molecule has 7 nitrogen and oxygen atoms in total. The molecule has 146 valence electrons. The van der Waals surface area contributed by atoms with Crippen LogP contribution in [0.2, 0.25) is 0 Å². The minimum Gasteiger partial charge on any atom is -0.504 e. The Labute approximate surface area is 163 Å². The first kappa shape index (κ1) is 19.4. The zero-order valence-electron chi connectivity index (χ0n) is 15.7. The number of phenols is 1. The second kappa shape index (κ2) is 9.03. The number of ether oxygens (including phenoxy) is 1. The SMILES string of the molecule is CCOc1cc(/C=N\NC(=O)CN2C[C@@H](c3ccccc3)CC2=O)ccc1O. The molecule has 3 rings (SSSR count). The molecule has 28 heavy (non-hydrogen) atoms. The molecule has 1 heterocycles. The molecule has 2 aromatic rings. The number of carbonyl (C=O) groups is 2. The predicted molar refractivity (Wildman–Crippen MR) is 105 cm³/mol. The third kappa shape index (κ3) is 4.88. The van der Waals surface area contributed by atoms with Crippen molar-refractivity contribution in [2.75, 3.05) is 19.7 Å². The van der Waals surface area contributed by atoms with E-state index in [9.17, 15) is 14.7 Å². The van der Waals surface area contributed by atoms with E-state index in [-0.39, 0.29) is 30.0 Å². The highest BCUT2D eigenvalue weighted by atomic mass is 16.5. The molecule has 1 aliphatic rings. The highest BCUT2D eigenvalue weighted by Gasteiger charge is 2.31. The van der Waals surface area contributed by atoms with Crippen molar-refractivity contribution in [2.24, 2.45) is 5.10 Å². The van der Waals surface area contributed by atoms with E-state index in [2.05, 4.69) is 10.5 Å². The number of hydrazone groups is 1. The van der Waals surface area contributed by atoms with Gasteiger partial charge in [-0.1, -0.05) is 30.3 Å². The van der Waals surface area contributed by atoms with Gasteiger partial charge in [0.25, 0.3) is 5.91 Å². The van der Waals surface area contributed by atoms with E-state index < -0.39 is 0 Å². The Balaban J connectivity index is 1.52. The zero-order chi connectivity index (χ0) is 19.9. The molecule has 0 saturated carbocycles. The summed E-state index contributed by atoms with van der Waals surface area (Å²) in [5.41, 5.74) is 4.21. The summed E-state index contributed by atoms with van der Waals surface area (Å²) in [5, 5.41) is 13.6. The summed E-state index contributed by atoms with van der Waals surface area (Å²) >= 11 is 0. The van der Waals surface area contributed by atoms with Crippen LogP contribution in [0.3, 0.4) is 0 Å². The van der Waals surface area contributed by atoms with Crippen molar-refractivity contribution in [1.82, 2.24) is 10.3 Å². The number of rotatable bonds is 7. The van der Waals surface area contributed by atoms with Crippen molar-refractivity contribution in [1.29, 1.82) is 0 Å². The Morgan fingerprint density at radius 3 is 2.86 bits per heavy atom. The third-order valence-corrected chi connectivity index (χ3v) is 4.51. The van der Waals surface area contributed by atoms with Gasteiger partial charge in [0.15, 0.2) is 11.5 Å². The van der Waals surface area contributed by atoms with E-state index in [1.54, 1.807) is 17.0 Å². The second-order valence-corrected chi connectivity index (χ2v) is 6.54. The Hall–Kier alpha value is -3.35. The van der Waals surface area contributed by atoms with Crippen LogP contribution in [0.25, 0.3) is 0 Å².